The first-order valence-corrected chi connectivity index (χ1v) is 9.59. The third-order valence-electron chi connectivity index (χ3n) is 6.27. The molecule has 2 heterocycles. The van der Waals surface area contributed by atoms with Crippen molar-refractivity contribution >= 4 is 6.03 Å². The number of amides is 2. The van der Waals surface area contributed by atoms with Crippen molar-refractivity contribution in [3.63, 3.8) is 0 Å². The molecule has 0 unspecified atom stereocenters. The zero-order chi connectivity index (χ0) is 16.4. The van der Waals surface area contributed by atoms with Crippen LogP contribution in [0.1, 0.15) is 50.1 Å². The topological polar surface area (TPSA) is 35.6 Å². The Morgan fingerprint density at radius 3 is 2.58 bits per heavy atom. The molecule has 2 aliphatic heterocycles. The highest BCUT2D eigenvalue weighted by atomic mass is 16.2. The zero-order valence-electron chi connectivity index (χ0n) is 14.5. The van der Waals surface area contributed by atoms with Crippen LogP contribution in [0.15, 0.2) is 30.3 Å². The molecule has 2 saturated heterocycles. The number of hydrogen-bond acceptors (Lipinski definition) is 2. The van der Waals surface area contributed by atoms with E-state index in [1.165, 1.54) is 44.1 Å². The van der Waals surface area contributed by atoms with Crippen LogP contribution in [-0.4, -0.2) is 48.6 Å². The van der Waals surface area contributed by atoms with Crippen molar-refractivity contribution in [1.82, 2.24) is 15.1 Å². The van der Waals surface area contributed by atoms with E-state index in [-0.39, 0.29) is 12.1 Å². The van der Waals surface area contributed by atoms with Crippen LogP contribution in [0.5, 0.6) is 0 Å². The van der Waals surface area contributed by atoms with Crippen LogP contribution in [0.4, 0.5) is 4.79 Å². The maximum absolute atomic E-state index is 13.3. The van der Waals surface area contributed by atoms with E-state index in [9.17, 15) is 4.79 Å². The summed E-state index contributed by atoms with van der Waals surface area (Å²) in [5, 5.41) is 3.46. The fourth-order valence-corrected chi connectivity index (χ4v) is 4.99. The second-order valence-corrected chi connectivity index (χ2v) is 7.84. The summed E-state index contributed by atoms with van der Waals surface area (Å²) in [6, 6.07) is 10.9. The first kappa shape index (κ1) is 15.9. The molecular formula is C20H29N3O. The van der Waals surface area contributed by atoms with Gasteiger partial charge in [0.15, 0.2) is 0 Å². The largest absolute Gasteiger partial charge is 0.324 e. The third kappa shape index (κ3) is 3.04. The van der Waals surface area contributed by atoms with Crippen LogP contribution in [0.2, 0.25) is 0 Å². The lowest BCUT2D eigenvalue weighted by atomic mass is 9.78. The number of piperazine rings is 1. The molecule has 0 bridgehead atoms. The Bertz CT molecular complexity index is 568. The molecule has 1 aromatic rings. The first-order valence-electron chi connectivity index (χ1n) is 9.59. The third-order valence-corrected chi connectivity index (χ3v) is 6.27. The summed E-state index contributed by atoms with van der Waals surface area (Å²) in [6.45, 7) is 4.48. The Labute approximate surface area is 145 Å². The van der Waals surface area contributed by atoms with Gasteiger partial charge in [0.2, 0.25) is 0 Å². The van der Waals surface area contributed by atoms with Crippen molar-refractivity contribution < 1.29 is 4.79 Å². The van der Waals surface area contributed by atoms with Crippen LogP contribution >= 0.6 is 0 Å². The predicted molar refractivity (Wildman–Crippen MR) is 95.9 cm³/mol. The second-order valence-electron chi connectivity index (χ2n) is 7.84. The molecule has 1 aliphatic carbocycles. The summed E-state index contributed by atoms with van der Waals surface area (Å²) in [4.78, 5) is 17.6. The molecule has 4 rings (SSSR count). The van der Waals surface area contributed by atoms with Crippen molar-refractivity contribution in [2.75, 3.05) is 32.7 Å². The highest BCUT2D eigenvalue weighted by Gasteiger charge is 2.41. The average molecular weight is 327 g/mol. The van der Waals surface area contributed by atoms with Crippen LogP contribution in [0.25, 0.3) is 0 Å². The minimum atomic E-state index is 0.161. The minimum Gasteiger partial charge on any atom is -0.324 e. The molecule has 1 N–H and O–H groups in total. The number of hydrogen-bond donors (Lipinski definition) is 1. The SMILES string of the molecule is O=C(N1CCCC2(CCCC2)C1)N1CCNC[C@H]1c1ccccc1. The molecule has 4 nitrogen and oxygen atoms in total. The molecule has 3 fully saturated rings. The lowest BCUT2D eigenvalue weighted by Crippen LogP contribution is -2.56. The average Bonchev–Trinajstić information content (AvgIpc) is 3.09. The van der Waals surface area contributed by atoms with Gasteiger partial charge >= 0.3 is 6.03 Å². The van der Waals surface area contributed by atoms with Gasteiger partial charge in [-0.3, -0.25) is 0 Å². The molecule has 3 aliphatic rings. The van der Waals surface area contributed by atoms with E-state index in [0.29, 0.717) is 5.41 Å². The first-order chi connectivity index (χ1) is 11.8. The van der Waals surface area contributed by atoms with Gasteiger partial charge in [0.05, 0.1) is 6.04 Å². The Kier molecular flexibility index (Phi) is 4.49. The molecule has 1 aromatic carbocycles. The molecule has 0 radical (unpaired) electrons. The van der Waals surface area contributed by atoms with E-state index in [1.807, 2.05) is 6.07 Å². The standard InChI is InChI=1S/C20H29N3O/c24-19(22-13-6-11-20(16-22)9-4-5-10-20)23-14-12-21-15-18(23)17-7-2-1-3-8-17/h1-3,7-8,18,21H,4-6,9-16H2/t18-/m0/s1. The maximum Gasteiger partial charge on any atom is 0.320 e. The Morgan fingerprint density at radius 2 is 1.79 bits per heavy atom. The number of likely N-dealkylation sites (tertiary alicyclic amines) is 1. The van der Waals surface area contributed by atoms with E-state index in [1.54, 1.807) is 0 Å². The maximum atomic E-state index is 13.3. The Balaban J connectivity index is 1.51. The van der Waals surface area contributed by atoms with Crippen LogP contribution < -0.4 is 5.32 Å². The number of urea groups is 1. The van der Waals surface area contributed by atoms with Gasteiger partial charge in [-0.05, 0) is 36.7 Å². The fraction of sp³-hybridized carbons (Fsp3) is 0.650. The molecule has 1 saturated carbocycles. The molecular weight excluding hydrogens is 298 g/mol. The number of nitrogens with one attached hydrogen (secondary N) is 1. The van der Waals surface area contributed by atoms with E-state index in [2.05, 4.69) is 39.4 Å². The molecule has 4 heteroatoms. The van der Waals surface area contributed by atoms with Gasteiger partial charge < -0.3 is 15.1 Å². The van der Waals surface area contributed by atoms with E-state index >= 15 is 0 Å². The Morgan fingerprint density at radius 1 is 1.04 bits per heavy atom. The van der Waals surface area contributed by atoms with Crippen molar-refractivity contribution in [3.8, 4) is 0 Å². The van der Waals surface area contributed by atoms with Gasteiger partial charge in [-0.15, -0.1) is 0 Å². The fourth-order valence-electron chi connectivity index (χ4n) is 4.99. The van der Waals surface area contributed by atoms with E-state index in [0.717, 1.165) is 32.7 Å². The lowest BCUT2D eigenvalue weighted by Gasteiger charge is -2.45. The van der Waals surface area contributed by atoms with Crippen molar-refractivity contribution in [2.24, 2.45) is 5.41 Å². The van der Waals surface area contributed by atoms with Gasteiger partial charge in [-0.2, -0.15) is 0 Å². The molecule has 130 valence electrons. The van der Waals surface area contributed by atoms with Gasteiger partial charge in [0.1, 0.15) is 0 Å². The summed E-state index contributed by atoms with van der Waals surface area (Å²) in [6.07, 6.45) is 7.83. The molecule has 1 spiro atoms. The smallest absolute Gasteiger partial charge is 0.320 e. The number of rotatable bonds is 1. The minimum absolute atomic E-state index is 0.161. The second kappa shape index (κ2) is 6.75. The van der Waals surface area contributed by atoms with Crippen LogP contribution in [-0.2, 0) is 0 Å². The Hall–Kier alpha value is -1.55. The lowest BCUT2D eigenvalue weighted by molar-refractivity contribution is 0.0725. The van der Waals surface area contributed by atoms with Crippen molar-refractivity contribution in [2.45, 2.75) is 44.6 Å². The number of carbonyl (C=O) groups excluding carboxylic acids is 1. The van der Waals surface area contributed by atoms with E-state index < -0.39 is 0 Å². The number of carbonyl (C=O) groups is 1. The molecule has 1 atom stereocenters. The van der Waals surface area contributed by atoms with Crippen LogP contribution in [0, 0.1) is 5.41 Å². The molecule has 2 amide bonds. The number of piperidine rings is 1. The van der Waals surface area contributed by atoms with E-state index in [4.69, 9.17) is 0 Å². The monoisotopic (exact) mass is 327 g/mol. The summed E-state index contributed by atoms with van der Waals surface area (Å²) in [5.41, 5.74) is 1.68. The van der Waals surface area contributed by atoms with Crippen LogP contribution in [0.3, 0.4) is 0 Å². The molecule has 24 heavy (non-hydrogen) atoms. The number of benzene rings is 1. The normalized spacial score (nSPS) is 26.8. The predicted octanol–water partition coefficient (Wildman–Crippen LogP) is 3.41. The highest BCUT2D eigenvalue weighted by Crippen LogP contribution is 2.45. The summed E-state index contributed by atoms with van der Waals surface area (Å²) in [5.74, 6) is 0. The summed E-state index contributed by atoms with van der Waals surface area (Å²) < 4.78 is 0. The van der Waals surface area contributed by atoms with Gasteiger partial charge in [-0.1, -0.05) is 43.2 Å². The van der Waals surface area contributed by atoms with Crippen molar-refractivity contribution in [3.05, 3.63) is 35.9 Å². The quantitative estimate of drug-likeness (QED) is 0.858. The number of nitrogens with zero attached hydrogens (tertiary/aromatic N) is 2. The summed E-state index contributed by atoms with van der Waals surface area (Å²) in [7, 11) is 0. The molecule has 0 aromatic heterocycles. The van der Waals surface area contributed by atoms with Gasteiger partial charge in [0, 0.05) is 32.7 Å². The van der Waals surface area contributed by atoms with Gasteiger partial charge in [0.25, 0.3) is 0 Å². The highest BCUT2D eigenvalue weighted by molar-refractivity contribution is 5.75. The zero-order valence-corrected chi connectivity index (χ0v) is 14.5. The van der Waals surface area contributed by atoms with Gasteiger partial charge in [-0.25, -0.2) is 4.79 Å². The summed E-state index contributed by atoms with van der Waals surface area (Å²) >= 11 is 0. The van der Waals surface area contributed by atoms with Crippen molar-refractivity contribution in [1.29, 1.82) is 0 Å².